The van der Waals surface area contributed by atoms with Crippen molar-refractivity contribution < 1.29 is 14.1 Å². The molecule has 1 saturated heterocycles. The van der Waals surface area contributed by atoms with Crippen molar-refractivity contribution >= 4 is 11.7 Å². The zero-order valence-electron chi connectivity index (χ0n) is 14.5. The van der Waals surface area contributed by atoms with Gasteiger partial charge in [-0.25, -0.2) is 14.5 Å². The van der Waals surface area contributed by atoms with Crippen LogP contribution in [0.5, 0.6) is 0 Å². The minimum Gasteiger partial charge on any atom is -0.368 e. The highest BCUT2D eigenvalue weighted by Gasteiger charge is 2.23. The van der Waals surface area contributed by atoms with E-state index in [4.69, 9.17) is 9.26 Å². The second kappa shape index (κ2) is 7.96. The van der Waals surface area contributed by atoms with Gasteiger partial charge in [0.2, 0.25) is 0 Å². The molecular formula is C17H19N7O3. The summed E-state index contributed by atoms with van der Waals surface area (Å²) in [5.74, 6) is 1.06. The number of anilines is 1. The molecule has 2 amide bonds. The molecule has 140 valence electrons. The maximum atomic E-state index is 12.1. The predicted molar refractivity (Wildman–Crippen MR) is 94.3 cm³/mol. The molecule has 1 unspecified atom stereocenters. The van der Waals surface area contributed by atoms with Crippen LogP contribution in [0.4, 0.5) is 10.5 Å². The van der Waals surface area contributed by atoms with Gasteiger partial charge in [0.15, 0.2) is 5.82 Å². The van der Waals surface area contributed by atoms with E-state index >= 15 is 0 Å². The summed E-state index contributed by atoms with van der Waals surface area (Å²) >= 11 is 0. The SMILES string of the molecule is O=C(NCCc1noc(C2CCCO2)n1)Nc1cccc(-n2cncn2)c1. The van der Waals surface area contributed by atoms with Crippen LogP contribution >= 0.6 is 0 Å². The Kier molecular flexibility index (Phi) is 5.06. The highest BCUT2D eigenvalue weighted by atomic mass is 16.5. The summed E-state index contributed by atoms with van der Waals surface area (Å²) in [6.07, 6.45) is 5.32. The second-order valence-electron chi connectivity index (χ2n) is 6.07. The number of ether oxygens (including phenoxy) is 1. The van der Waals surface area contributed by atoms with E-state index in [9.17, 15) is 4.79 Å². The molecule has 0 radical (unpaired) electrons. The van der Waals surface area contributed by atoms with Gasteiger partial charge in [-0.05, 0) is 31.0 Å². The van der Waals surface area contributed by atoms with Crippen molar-refractivity contribution in [1.29, 1.82) is 0 Å². The van der Waals surface area contributed by atoms with Crippen molar-refractivity contribution in [3.8, 4) is 5.69 Å². The Balaban J connectivity index is 1.26. The first kappa shape index (κ1) is 17.2. The number of carbonyl (C=O) groups excluding carboxylic acids is 1. The largest absolute Gasteiger partial charge is 0.368 e. The van der Waals surface area contributed by atoms with Crippen molar-refractivity contribution in [2.75, 3.05) is 18.5 Å². The zero-order chi connectivity index (χ0) is 18.5. The summed E-state index contributed by atoms with van der Waals surface area (Å²) in [5.41, 5.74) is 1.46. The number of nitrogens with zero attached hydrogens (tertiary/aromatic N) is 5. The highest BCUT2D eigenvalue weighted by molar-refractivity contribution is 5.89. The van der Waals surface area contributed by atoms with Crippen molar-refractivity contribution in [2.24, 2.45) is 0 Å². The summed E-state index contributed by atoms with van der Waals surface area (Å²) in [5, 5.41) is 13.6. The summed E-state index contributed by atoms with van der Waals surface area (Å²) in [4.78, 5) is 20.3. The molecule has 1 aliphatic rings. The molecule has 2 aromatic heterocycles. The molecule has 2 N–H and O–H groups in total. The monoisotopic (exact) mass is 369 g/mol. The van der Waals surface area contributed by atoms with Crippen LogP contribution in [0, 0.1) is 0 Å². The van der Waals surface area contributed by atoms with Crippen LogP contribution in [-0.4, -0.2) is 44.1 Å². The number of urea groups is 1. The van der Waals surface area contributed by atoms with E-state index < -0.39 is 0 Å². The molecule has 1 fully saturated rings. The van der Waals surface area contributed by atoms with E-state index in [1.54, 1.807) is 23.1 Å². The van der Waals surface area contributed by atoms with Crippen LogP contribution in [-0.2, 0) is 11.2 Å². The number of aromatic nitrogens is 5. The minimum absolute atomic E-state index is 0.0974. The Morgan fingerprint density at radius 1 is 1.37 bits per heavy atom. The molecule has 4 rings (SSSR count). The van der Waals surface area contributed by atoms with Gasteiger partial charge < -0.3 is 19.9 Å². The molecule has 0 bridgehead atoms. The Labute approximate surface area is 154 Å². The van der Waals surface area contributed by atoms with Crippen LogP contribution in [0.2, 0.25) is 0 Å². The average molecular weight is 369 g/mol. The molecule has 0 spiro atoms. The maximum absolute atomic E-state index is 12.1. The van der Waals surface area contributed by atoms with E-state index in [0.29, 0.717) is 30.4 Å². The van der Waals surface area contributed by atoms with E-state index in [1.807, 2.05) is 12.1 Å². The lowest BCUT2D eigenvalue weighted by Gasteiger charge is -2.08. The molecule has 3 aromatic rings. The van der Waals surface area contributed by atoms with Gasteiger partial charge in [-0.2, -0.15) is 10.1 Å². The average Bonchev–Trinajstić information content (AvgIpc) is 3.43. The van der Waals surface area contributed by atoms with E-state index in [2.05, 4.69) is 30.9 Å². The molecule has 10 nitrogen and oxygen atoms in total. The van der Waals surface area contributed by atoms with Gasteiger partial charge in [0.1, 0.15) is 18.8 Å². The summed E-state index contributed by atoms with van der Waals surface area (Å²) < 4.78 is 12.4. The lowest BCUT2D eigenvalue weighted by Crippen LogP contribution is -2.30. The summed E-state index contributed by atoms with van der Waals surface area (Å²) in [6, 6.07) is 7.00. The fourth-order valence-electron chi connectivity index (χ4n) is 2.80. The lowest BCUT2D eigenvalue weighted by atomic mass is 10.2. The number of hydrogen-bond acceptors (Lipinski definition) is 7. The molecule has 27 heavy (non-hydrogen) atoms. The molecule has 1 aromatic carbocycles. The predicted octanol–water partition coefficient (Wildman–Crippen LogP) is 1.87. The van der Waals surface area contributed by atoms with Gasteiger partial charge in [-0.1, -0.05) is 11.2 Å². The topological polar surface area (TPSA) is 120 Å². The maximum Gasteiger partial charge on any atom is 0.319 e. The molecular weight excluding hydrogens is 350 g/mol. The third-order valence-electron chi connectivity index (χ3n) is 4.11. The van der Waals surface area contributed by atoms with Crippen molar-refractivity contribution in [2.45, 2.75) is 25.4 Å². The van der Waals surface area contributed by atoms with Crippen LogP contribution in [0.3, 0.4) is 0 Å². The van der Waals surface area contributed by atoms with Gasteiger partial charge in [0, 0.05) is 25.3 Å². The first-order valence-electron chi connectivity index (χ1n) is 8.72. The number of nitrogens with one attached hydrogen (secondary N) is 2. The van der Waals surface area contributed by atoms with Gasteiger partial charge >= 0.3 is 6.03 Å². The number of carbonyl (C=O) groups is 1. The summed E-state index contributed by atoms with van der Waals surface area (Å²) in [6.45, 7) is 1.11. The Morgan fingerprint density at radius 3 is 3.15 bits per heavy atom. The normalized spacial score (nSPS) is 16.4. The molecule has 1 atom stereocenters. The number of amides is 2. The van der Waals surface area contributed by atoms with E-state index in [1.165, 1.54) is 6.33 Å². The third kappa shape index (κ3) is 4.29. The minimum atomic E-state index is -0.311. The van der Waals surface area contributed by atoms with Crippen LogP contribution in [0.1, 0.15) is 30.7 Å². The highest BCUT2D eigenvalue weighted by Crippen LogP contribution is 2.26. The van der Waals surface area contributed by atoms with Gasteiger partial charge in [0.05, 0.1) is 5.69 Å². The summed E-state index contributed by atoms with van der Waals surface area (Å²) in [7, 11) is 0. The third-order valence-corrected chi connectivity index (χ3v) is 4.11. The number of hydrogen-bond donors (Lipinski definition) is 2. The lowest BCUT2D eigenvalue weighted by molar-refractivity contribution is 0.0835. The molecule has 10 heteroatoms. The number of benzene rings is 1. The standard InChI is InChI=1S/C17H19N7O3/c25-17(21-12-3-1-4-13(9-12)24-11-18-10-20-24)19-7-6-15-22-16(27-23-15)14-5-2-8-26-14/h1,3-4,9-11,14H,2,5-8H2,(H2,19,21,25). The molecule has 3 heterocycles. The van der Waals surface area contributed by atoms with E-state index in [-0.39, 0.29) is 12.1 Å². The Hall–Kier alpha value is -3.27. The smallest absolute Gasteiger partial charge is 0.319 e. The zero-order valence-corrected chi connectivity index (χ0v) is 14.5. The quantitative estimate of drug-likeness (QED) is 0.680. The van der Waals surface area contributed by atoms with Crippen molar-refractivity contribution in [3.05, 3.63) is 48.6 Å². The van der Waals surface area contributed by atoms with Crippen LogP contribution in [0.15, 0.2) is 41.4 Å². The first-order valence-corrected chi connectivity index (χ1v) is 8.72. The second-order valence-corrected chi connectivity index (χ2v) is 6.07. The van der Waals surface area contributed by atoms with Crippen LogP contribution in [0.25, 0.3) is 5.69 Å². The van der Waals surface area contributed by atoms with Gasteiger partial charge in [0.25, 0.3) is 5.89 Å². The fourth-order valence-corrected chi connectivity index (χ4v) is 2.80. The Bertz CT molecular complexity index is 888. The van der Waals surface area contributed by atoms with Crippen LogP contribution < -0.4 is 10.6 Å². The fraction of sp³-hybridized carbons (Fsp3) is 0.353. The van der Waals surface area contributed by atoms with Crippen molar-refractivity contribution in [1.82, 2.24) is 30.2 Å². The molecule has 1 aliphatic heterocycles. The van der Waals surface area contributed by atoms with Crippen molar-refractivity contribution in [3.63, 3.8) is 0 Å². The molecule has 0 aliphatic carbocycles. The number of rotatable bonds is 6. The molecule has 0 saturated carbocycles. The van der Waals surface area contributed by atoms with Gasteiger partial charge in [-0.3, -0.25) is 0 Å². The van der Waals surface area contributed by atoms with Gasteiger partial charge in [-0.15, -0.1) is 0 Å². The first-order chi connectivity index (χ1) is 13.3. The van der Waals surface area contributed by atoms with E-state index in [0.717, 1.165) is 25.1 Å². The Morgan fingerprint density at radius 2 is 2.33 bits per heavy atom.